The van der Waals surface area contributed by atoms with E-state index in [-0.39, 0.29) is 23.5 Å². The molecule has 37 heavy (non-hydrogen) atoms. The summed E-state index contributed by atoms with van der Waals surface area (Å²) < 4.78 is 43.2. The predicted octanol–water partition coefficient (Wildman–Crippen LogP) is 5.70. The molecule has 2 N–H and O–H groups in total. The third-order valence-electron chi connectivity index (χ3n) is 5.66. The lowest BCUT2D eigenvalue weighted by Crippen LogP contribution is -2.22. The SMILES string of the molecule is COCCN(C)c1ccc(NC(=O)c2cc(Cl)ccc2O)c(OCCc2cccc(C(F)(F)OC)c2)c1. The van der Waals surface area contributed by atoms with E-state index < -0.39 is 12.0 Å². The molecule has 0 radical (unpaired) electrons. The van der Waals surface area contributed by atoms with Crippen LogP contribution in [0.25, 0.3) is 0 Å². The van der Waals surface area contributed by atoms with Gasteiger partial charge in [-0.25, -0.2) is 0 Å². The molecule has 0 heterocycles. The fraction of sp³-hybridized carbons (Fsp3) is 0.296. The third kappa shape index (κ3) is 7.55. The number of halogens is 3. The van der Waals surface area contributed by atoms with Gasteiger partial charge in [0, 0.05) is 51.0 Å². The zero-order valence-corrected chi connectivity index (χ0v) is 21.5. The van der Waals surface area contributed by atoms with Gasteiger partial charge in [-0.15, -0.1) is 0 Å². The molecule has 0 aliphatic carbocycles. The van der Waals surface area contributed by atoms with Crippen molar-refractivity contribution in [2.24, 2.45) is 0 Å². The Bertz CT molecular complexity index is 1230. The number of nitrogens with one attached hydrogen (secondary N) is 1. The van der Waals surface area contributed by atoms with Crippen molar-refractivity contribution in [3.8, 4) is 11.5 Å². The maximum atomic E-state index is 13.9. The van der Waals surface area contributed by atoms with Crippen LogP contribution >= 0.6 is 11.6 Å². The quantitative estimate of drug-likeness (QED) is 0.310. The zero-order chi connectivity index (χ0) is 27.0. The second-order valence-electron chi connectivity index (χ2n) is 8.23. The van der Waals surface area contributed by atoms with Gasteiger partial charge in [-0.1, -0.05) is 29.8 Å². The highest BCUT2D eigenvalue weighted by Crippen LogP contribution is 2.32. The molecule has 3 aromatic rings. The molecule has 0 bridgehead atoms. The van der Waals surface area contributed by atoms with Gasteiger partial charge in [0.1, 0.15) is 11.5 Å². The summed E-state index contributed by atoms with van der Waals surface area (Å²) in [6.07, 6.45) is -3.05. The van der Waals surface area contributed by atoms with Crippen LogP contribution in [-0.4, -0.2) is 52.0 Å². The first-order valence-electron chi connectivity index (χ1n) is 11.4. The van der Waals surface area contributed by atoms with Gasteiger partial charge in [0.15, 0.2) is 0 Å². The number of carbonyl (C=O) groups excluding carboxylic acids is 1. The van der Waals surface area contributed by atoms with E-state index in [0.29, 0.717) is 41.6 Å². The molecule has 3 rings (SSSR count). The number of hydrogen-bond donors (Lipinski definition) is 2. The number of carbonyl (C=O) groups is 1. The monoisotopic (exact) mass is 534 g/mol. The Kier molecular flexibility index (Phi) is 9.68. The Morgan fingerprint density at radius 1 is 1.08 bits per heavy atom. The molecule has 7 nitrogen and oxygen atoms in total. The van der Waals surface area contributed by atoms with E-state index in [1.807, 2.05) is 18.0 Å². The number of phenols is 1. The summed E-state index contributed by atoms with van der Waals surface area (Å²) in [6, 6.07) is 15.4. The first kappa shape index (κ1) is 28.2. The van der Waals surface area contributed by atoms with Crippen molar-refractivity contribution in [2.45, 2.75) is 12.5 Å². The Hall–Kier alpha value is -3.40. The summed E-state index contributed by atoms with van der Waals surface area (Å²) >= 11 is 5.98. The van der Waals surface area contributed by atoms with Gasteiger partial charge < -0.3 is 29.5 Å². The van der Waals surface area contributed by atoms with Gasteiger partial charge in [0.2, 0.25) is 0 Å². The lowest BCUT2D eigenvalue weighted by Gasteiger charge is -2.21. The molecule has 0 spiro atoms. The van der Waals surface area contributed by atoms with Gasteiger partial charge >= 0.3 is 6.11 Å². The summed E-state index contributed by atoms with van der Waals surface area (Å²) in [5.41, 5.74) is 1.58. The molecule has 3 aromatic carbocycles. The number of anilines is 2. The maximum absolute atomic E-state index is 13.9. The molecule has 0 atom stereocenters. The lowest BCUT2D eigenvalue weighted by molar-refractivity contribution is -0.231. The first-order valence-corrected chi connectivity index (χ1v) is 11.8. The van der Waals surface area contributed by atoms with Gasteiger partial charge in [-0.3, -0.25) is 4.79 Å². The number of methoxy groups -OCH3 is 2. The largest absolute Gasteiger partial charge is 0.507 e. The van der Waals surface area contributed by atoms with Gasteiger partial charge in [0.05, 0.1) is 30.0 Å². The van der Waals surface area contributed by atoms with E-state index in [2.05, 4.69) is 10.1 Å². The number of benzene rings is 3. The second-order valence-corrected chi connectivity index (χ2v) is 8.67. The average Bonchev–Trinajstić information content (AvgIpc) is 2.89. The first-order chi connectivity index (χ1) is 17.6. The number of aromatic hydroxyl groups is 1. The number of amides is 1. The van der Waals surface area contributed by atoms with Crippen molar-refractivity contribution in [3.05, 3.63) is 82.4 Å². The molecule has 0 aliphatic heterocycles. The Labute approximate surface area is 219 Å². The summed E-state index contributed by atoms with van der Waals surface area (Å²) in [4.78, 5) is 14.8. The highest BCUT2D eigenvalue weighted by molar-refractivity contribution is 6.31. The van der Waals surface area contributed by atoms with Crippen molar-refractivity contribution in [1.29, 1.82) is 0 Å². The molecule has 0 aliphatic rings. The van der Waals surface area contributed by atoms with Crippen LogP contribution in [0.15, 0.2) is 60.7 Å². The van der Waals surface area contributed by atoms with Crippen LogP contribution in [0.3, 0.4) is 0 Å². The van der Waals surface area contributed by atoms with Crippen LogP contribution in [0.2, 0.25) is 5.02 Å². The summed E-state index contributed by atoms with van der Waals surface area (Å²) in [7, 11) is 4.46. The smallest absolute Gasteiger partial charge is 0.383 e. The number of rotatable bonds is 12. The molecule has 10 heteroatoms. The lowest BCUT2D eigenvalue weighted by atomic mass is 10.1. The molecule has 0 saturated carbocycles. The van der Waals surface area contributed by atoms with Crippen LogP contribution < -0.4 is 15.0 Å². The van der Waals surface area contributed by atoms with Gasteiger partial charge in [-0.05, 0) is 42.0 Å². The maximum Gasteiger partial charge on any atom is 0.383 e. The number of alkyl halides is 2. The molecular weight excluding hydrogens is 506 g/mol. The number of phenolic OH excluding ortho intramolecular Hbond substituents is 1. The van der Waals surface area contributed by atoms with Crippen molar-refractivity contribution < 1.29 is 32.9 Å². The minimum Gasteiger partial charge on any atom is -0.507 e. The van der Waals surface area contributed by atoms with E-state index in [9.17, 15) is 18.7 Å². The average molecular weight is 535 g/mol. The molecule has 198 valence electrons. The summed E-state index contributed by atoms with van der Waals surface area (Å²) in [6.45, 7) is 1.29. The number of ether oxygens (including phenoxy) is 3. The Morgan fingerprint density at radius 3 is 2.59 bits per heavy atom. The molecule has 1 amide bonds. The molecule has 0 fully saturated rings. The predicted molar refractivity (Wildman–Crippen MR) is 139 cm³/mol. The van der Waals surface area contributed by atoms with E-state index in [0.717, 1.165) is 12.8 Å². The highest BCUT2D eigenvalue weighted by atomic mass is 35.5. The van der Waals surface area contributed by atoms with Crippen molar-refractivity contribution in [2.75, 3.05) is 51.2 Å². The zero-order valence-electron chi connectivity index (χ0n) is 20.8. The van der Waals surface area contributed by atoms with Gasteiger partial charge in [-0.2, -0.15) is 8.78 Å². The van der Waals surface area contributed by atoms with E-state index in [4.69, 9.17) is 21.1 Å². The minimum absolute atomic E-state index is 0.00984. The van der Waals surface area contributed by atoms with Crippen LogP contribution in [-0.2, 0) is 22.0 Å². The van der Waals surface area contributed by atoms with E-state index in [1.165, 1.54) is 36.4 Å². The van der Waals surface area contributed by atoms with Crippen LogP contribution in [0, 0.1) is 0 Å². The Morgan fingerprint density at radius 2 is 1.86 bits per heavy atom. The number of likely N-dealkylation sites (N-methyl/N-ethyl adjacent to an activating group) is 1. The Balaban J connectivity index is 1.81. The van der Waals surface area contributed by atoms with Gasteiger partial charge in [0.25, 0.3) is 5.91 Å². The molecule has 0 unspecified atom stereocenters. The highest BCUT2D eigenvalue weighted by Gasteiger charge is 2.31. The van der Waals surface area contributed by atoms with Crippen LogP contribution in [0.5, 0.6) is 11.5 Å². The summed E-state index contributed by atoms with van der Waals surface area (Å²) in [5.74, 6) is -0.414. The van der Waals surface area contributed by atoms with E-state index in [1.54, 1.807) is 25.3 Å². The second kappa shape index (κ2) is 12.7. The van der Waals surface area contributed by atoms with Crippen molar-refractivity contribution >= 4 is 28.9 Å². The number of hydrogen-bond acceptors (Lipinski definition) is 6. The standard InChI is InChI=1S/C27H29ClF2N2O5/c1-32(12-14-35-2)21-8-9-23(31-26(34)22-16-20(28)7-10-24(22)33)25(17-21)37-13-11-18-5-4-6-19(15-18)27(29,30)36-3/h4-10,15-17,33H,11-14H2,1-3H3,(H,31,34). The topological polar surface area (TPSA) is 80.3 Å². The summed E-state index contributed by atoms with van der Waals surface area (Å²) in [5, 5.41) is 13.1. The third-order valence-corrected chi connectivity index (χ3v) is 5.89. The van der Waals surface area contributed by atoms with Crippen LogP contribution in [0.1, 0.15) is 21.5 Å². The fourth-order valence-electron chi connectivity index (χ4n) is 3.51. The normalized spacial score (nSPS) is 11.3. The molecule has 0 aromatic heterocycles. The molecule has 0 saturated heterocycles. The molecular formula is C27H29ClF2N2O5. The van der Waals surface area contributed by atoms with Crippen LogP contribution in [0.4, 0.5) is 20.2 Å². The minimum atomic E-state index is -3.39. The fourth-order valence-corrected chi connectivity index (χ4v) is 3.68. The van der Waals surface area contributed by atoms with Crippen molar-refractivity contribution in [3.63, 3.8) is 0 Å². The van der Waals surface area contributed by atoms with E-state index >= 15 is 0 Å². The van der Waals surface area contributed by atoms with Crippen molar-refractivity contribution in [1.82, 2.24) is 0 Å². The number of nitrogens with zero attached hydrogens (tertiary/aromatic N) is 1.